The summed E-state index contributed by atoms with van der Waals surface area (Å²) in [5, 5.41) is 20.2. The fourth-order valence-corrected chi connectivity index (χ4v) is 2.94. The van der Waals surface area contributed by atoms with Gasteiger partial charge < -0.3 is 0 Å². The van der Waals surface area contributed by atoms with E-state index in [0.29, 0.717) is 10.3 Å². The van der Waals surface area contributed by atoms with E-state index >= 15 is 0 Å². The summed E-state index contributed by atoms with van der Waals surface area (Å²) in [6.45, 7) is 0. The van der Waals surface area contributed by atoms with E-state index in [-0.39, 0.29) is 16.8 Å². The molecule has 2 amide bonds. The van der Waals surface area contributed by atoms with Gasteiger partial charge in [0.15, 0.2) is 10.3 Å². The lowest BCUT2D eigenvalue weighted by molar-refractivity contribution is -0.384. The number of nitrogens with one attached hydrogen (secondary N) is 2. The molecule has 3 aromatic rings. The minimum Gasteiger partial charge on any atom is -0.298 e. The first-order chi connectivity index (χ1) is 12.0. The van der Waals surface area contributed by atoms with E-state index in [1.807, 2.05) is 0 Å². The summed E-state index contributed by atoms with van der Waals surface area (Å²) in [4.78, 5) is 42.8. The maximum Gasteiger partial charge on any atom is 0.271 e. The molecule has 0 bridgehead atoms. The maximum atomic E-state index is 12.3. The van der Waals surface area contributed by atoms with Crippen molar-refractivity contribution in [3.63, 3.8) is 0 Å². The zero-order valence-corrected chi connectivity index (χ0v) is 14.0. The van der Waals surface area contributed by atoms with E-state index < -0.39 is 16.7 Å². The van der Waals surface area contributed by atoms with Crippen molar-refractivity contribution in [3.8, 4) is 0 Å². The van der Waals surface area contributed by atoms with Gasteiger partial charge in [0.1, 0.15) is 0 Å². The van der Waals surface area contributed by atoms with Crippen LogP contribution in [0.5, 0.6) is 0 Å². The number of anilines is 2. The highest BCUT2D eigenvalue weighted by molar-refractivity contribution is 7.14. The normalized spacial score (nSPS) is 10.2. The predicted molar refractivity (Wildman–Crippen MR) is 93.2 cm³/mol. The number of aromatic nitrogens is 2. The Balaban J connectivity index is 1.90. The van der Waals surface area contributed by atoms with Crippen LogP contribution < -0.4 is 10.6 Å². The number of carbonyl (C=O) groups excluding carboxylic acids is 2. The van der Waals surface area contributed by atoms with Gasteiger partial charge in [-0.2, -0.15) is 0 Å². The first-order valence-corrected chi connectivity index (χ1v) is 8.50. The Bertz CT molecular complexity index is 858. The number of nitro benzene ring substituents is 1. The van der Waals surface area contributed by atoms with Crippen molar-refractivity contribution in [2.75, 3.05) is 10.6 Å². The summed E-state index contributed by atoms with van der Waals surface area (Å²) in [6, 6.07) is 3.48. The van der Waals surface area contributed by atoms with E-state index in [4.69, 9.17) is 0 Å². The van der Waals surface area contributed by atoms with Gasteiger partial charge in [0.25, 0.3) is 17.5 Å². The highest BCUT2D eigenvalue weighted by Crippen LogP contribution is 2.21. The Morgan fingerprint density at radius 1 is 0.920 bits per heavy atom. The zero-order chi connectivity index (χ0) is 17.8. The van der Waals surface area contributed by atoms with Crippen LogP contribution in [0.25, 0.3) is 0 Å². The smallest absolute Gasteiger partial charge is 0.271 e. The molecule has 0 spiro atoms. The molecule has 0 atom stereocenters. The average molecular weight is 375 g/mol. The average Bonchev–Trinajstić information content (AvgIpc) is 3.28. The zero-order valence-electron chi connectivity index (χ0n) is 12.3. The molecule has 0 fully saturated rings. The summed E-state index contributed by atoms with van der Waals surface area (Å²) in [7, 11) is 0. The molecule has 3 rings (SSSR count). The molecule has 25 heavy (non-hydrogen) atoms. The maximum absolute atomic E-state index is 12.3. The van der Waals surface area contributed by atoms with Gasteiger partial charge in [0.2, 0.25) is 0 Å². The Kier molecular flexibility index (Phi) is 4.77. The van der Waals surface area contributed by atoms with Crippen LogP contribution in [0, 0.1) is 10.1 Å². The molecule has 2 heterocycles. The van der Waals surface area contributed by atoms with Crippen molar-refractivity contribution >= 4 is 50.4 Å². The van der Waals surface area contributed by atoms with Gasteiger partial charge >= 0.3 is 0 Å². The van der Waals surface area contributed by atoms with E-state index in [1.165, 1.54) is 41.1 Å². The van der Waals surface area contributed by atoms with Crippen molar-refractivity contribution in [3.05, 3.63) is 62.6 Å². The fraction of sp³-hybridized carbons (Fsp3) is 0. The molecule has 0 saturated heterocycles. The molecule has 126 valence electrons. The minimum atomic E-state index is -0.666. The SMILES string of the molecule is O=C(Nc1nccs1)c1cc(C(=O)Nc2nccs2)cc([N+](=O)[O-])c1. The van der Waals surface area contributed by atoms with Crippen LogP contribution >= 0.6 is 22.7 Å². The molecule has 11 heteroatoms. The van der Waals surface area contributed by atoms with Gasteiger partial charge in [0.05, 0.1) is 4.92 Å². The lowest BCUT2D eigenvalue weighted by Crippen LogP contribution is -2.16. The molecule has 2 aromatic heterocycles. The largest absolute Gasteiger partial charge is 0.298 e. The second-order valence-corrected chi connectivity index (χ2v) is 6.40. The van der Waals surface area contributed by atoms with Crippen molar-refractivity contribution in [1.82, 2.24) is 9.97 Å². The van der Waals surface area contributed by atoms with Gasteiger partial charge in [0, 0.05) is 46.4 Å². The number of benzene rings is 1. The first kappa shape index (κ1) is 16.7. The highest BCUT2D eigenvalue weighted by Gasteiger charge is 2.19. The van der Waals surface area contributed by atoms with E-state index in [2.05, 4.69) is 20.6 Å². The number of hydrogen-bond acceptors (Lipinski definition) is 8. The predicted octanol–water partition coefficient (Wildman–Crippen LogP) is 3.01. The number of carbonyl (C=O) groups is 2. The number of nitrogens with zero attached hydrogens (tertiary/aromatic N) is 3. The fourth-order valence-electron chi connectivity index (χ4n) is 1.89. The quantitative estimate of drug-likeness (QED) is 0.521. The lowest BCUT2D eigenvalue weighted by atomic mass is 10.1. The van der Waals surface area contributed by atoms with Gasteiger partial charge in [-0.1, -0.05) is 0 Å². The Hall–Kier alpha value is -3.18. The number of amides is 2. The second kappa shape index (κ2) is 7.15. The Labute approximate surface area is 148 Å². The van der Waals surface area contributed by atoms with Crippen LogP contribution in [0.4, 0.5) is 16.0 Å². The van der Waals surface area contributed by atoms with Gasteiger partial charge in [-0.15, -0.1) is 22.7 Å². The van der Waals surface area contributed by atoms with Crippen LogP contribution in [-0.4, -0.2) is 26.7 Å². The molecule has 1 aromatic carbocycles. The first-order valence-electron chi connectivity index (χ1n) is 6.74. The van der Waals surface area contributed by atoms with Crippen molar-refractivity contribution in [1.29, 1.82) is 0 Å². The number of non-ortho nitro benzene ring substituents is 1. The van der Waals surface area contributed by atoms with E-state index in [9.17, 15) is 19.7 Å². The number of hydrogen-bond donors (Lipinski definition) is 2. The summed E-state index contributed by atoms with van der Waals surface area (Å²) < 4.78 is 0. The molecule has 0 saturated carbocycles. The van der Waals surface area contributed by atoms with Crippen LogP contribution in [-0.2, 0) is 0 Å². The van der Waals surface area contributed by atoms with Crippen LogP contribution in [0.1, 0.15) is 20.7 Å². The third kappa shape index (κ3) is 4.02. The van der Waals surface area contributed by atoms with Crippen LogP contribution in [0.15, 0.2) is 41.4 Å². The number of thiazole rings is 2. The second-order valence-electron chi connectivity index (χ2n) is 4.61. The highest BCUT2D eigenvalue weighted by atomic mass is 32.1. The van der Waals surface area contributed by atoms with Crippen molar-refractivity contribution < 1.29 is 14.5 Å². The van der Waals surface area contributed by atoms with Crippen molar-refractivity contribution in [2.45, 2.75) is 0 Å². The summed E-state index contributed by atoms with van der Waals surface area (Å²) in [6.07, 6.45) is 3.03. The molecule has 2 N–H and O–H groups in total. The molecule has 0 aliphatic heterocycles. The monoisotopic (exact) mass is 375 g/mol. The molecule has 0 unspecified atom stereocenters. The van der Waals surface area contributed by atoms with E-state index in [0.717, 1.165) is 12.1 Å². The molecule has 9 nitrogen and oxygen atoms in total. The minimum absolute atomic E-state index is 0.0197. The summed E-state index contributed by atoms with van der Waals surface area (Å²) in [5.41, 5.74) is -0.404. The lowest BCUT2D eigenvalue weighted by Gasteiger charge is -2.06. The number of rotatable bonds is 5. The van der Waals surface area contributed by atoms with Gasteiger partial charge in [-0.05, 0) is 6.07 Å². The molecule has 0 aliphatic carbocycles. The number of nitro groups is 1. The third-order valence-corrected chi connectivity index (χ3v) is 4.34. The Morgan fingerprint density at radius 2 is 1.40 bits per heavy atom. The molecule has 0 radical (unpaired) electrons. The standard InChI is InChI=1S/C14H9N5O4S2/c20-11(17-13-15-1-3-24-13)8-5-9(7-10(6-8)19(22)23)12(21)18-14-16-2-4-25-14/h1-7H,(H,15,17,20)(H,16,18,21). The van der Waals surface area contributed by atoms with E-state index in [1.54, 1.807) is 10.8 Å². The molecular weight excluding hydrogens is 366 g/mol. The topological polar surface area (TPSA) is 127 Å². The van der Waals surface area contributed by atoms with Gasteiger partial charge in [-0.25, -0.2) is 9.97 Å². The molecular formula is C14H9N5O4S2. The van der Waals surface area contributed by atoms with Crippen LogP contribution in [0.2, 0.25) is 0 Å². The van der Waals surface area contributed by atoms with Gasteiger partial charge in [-0.3, -0.25) is 30.3 Å². The van der Waals surface area contributed by atoms with Crippen LogP contribution in [0.3, 0.4) is 0 Å². The summed E-state index contributed by atoms with van der Waals surface area (Å²) in [5.74, 6) is -1.19. The third-order valence-electron chi connectivity index (χ3n) is 2.96. The summed E-state index contributed by atoms with van der Waals surface area (Å²) >= 11 is 2.41. The Morgan fingerprint density at radius 3 is 1.76 bits per heavy atom. The molecule has 0 aliphatic rings. The van der Waals surface area contributed by atoms with Crippen molar-refractivity contribution in [2.24, 2.45) is 0 Å².